The number of halogens is 1. The van der Waals surface area contributed by atoms with Gasteiger partial charge in [-0.05, 0) is 30.4 Å². The summed E-state index contributed by atoms with van der Waals surface area (Å²) in [5.74, 6) is 0.790. The highest BCUT2D eigenvalue weighted by Crippen LogP contribution is 2.16. The van der Waals surface area contributed by atoms with Crippen LogP contribution >= 0.6 is 11.6 Å². The molecule has 2 heteroatoms. The molecular formula is C15H24ClN. The van der Waals surface area contributed by atoms with Crippen molar-refractivity contribution in [2.75, 3.05) is 0 Å². The van der Waals surface area contributed by atoms with Crippen LogP contribution in [0.2, 0.25) is 5.02 Å². The summed E-state index contributed by atoms with van der Waals surface area (Å²) < 4.78 is 0. The van der Waals surface area contributed by atoms with E-state index in [1.165, 1.54) is 24.8 Å². The smallest absolute Gasteiger partial charge is 0.0450 e. The highest BCUT2D eigenvalue weighted by atomic mass is 35.5. The molecule has 1 N–H and O–H groups in total. The molecule has 0 bridgehead atoms. The second-order valence-corrected chi connectivity index (χ2v) is 5.23. The van der Waals surface area contributed by atoms with Crippen LogP contribution in [0.3, 0.4) is 0 Å². The van der Waals surface area contributed by atoms with Crippen molar-refractivity contribution in [3.8, 4) is 0 Å². The third-order valence-electron chi connectivity index (χ3n) is 3.42. The van der Waals surface area contributed by atoms with Gasteiger partial charge in [0.25, 0.3) is 0 Å². The molecule has 1 nitrogen and oxygen atoms in total. The fourth-order valence-electron chi connectivity index (χ4n) is 1.94. The van der Waals surface area contributed by atoms with Gasteiger partial charge in [-0.25, -0.2) is 0 Å². The molecule has 1 aromatic carbocycles. The van der Waals surface area contributed by atoms with Gasteiger partial charge in [0, 0.05) is 17.6 Å². The summed E-state index contributed by atoms with van der Waals surface area (Å²) in [5, 5.41) is 4.47. The van der Waals surface area contributed by atoms with Gasteiger partial charge in [0.05, 0.1) is 0 Å². The fraction of sp³-hybridized carbons (Fsp3) is 0.600. The van der Waals surface area contributed by atoms with Gasteiger partial charge in [0.15, 0.2) is 0 Å². The molecule has 0 fully saturated rings. The van der Waals surface area contributed by atoms with Crippen molar-refractivity contribution < 1.29 is 0 Å². The van der Waals surface area contributed by atoms with Gasteiger partial charge >= 0.3 is 0 Å². The Kier molecular flexibility index (Phi) is 6.61. The van der Waals surface area contributed by atoms with E-state index in [4.69, 9.17) is 11.6 Å². The Balaban J connectivity index is 2.45. The number of nitrogens with one attached hydrogen (secondary N) is 1. The van der Waals surface area contributed by atoms with Gasteiger partial charge < -0.3 is 5.32 Å². The first-order valence-corrected chi connectivity index (χ1v) is 7.01. The van der Waals surface area contributed by atoms with Crippen molar-refractivity contribution in [1.82, 2.24) is 5.32 Å². The van der Waals surface area contributed by atoms with Crippen LogP contribution in [0.25, 0.3) is 0 Å². The van der Waals surface area contributed by atoms with Gasteiger partial charge in [-0.1, -0.05) is 57.0 Å². The second-order valence-electron chi connectivity index (χ2n) is 4.83. The molecule has 0 aromatic heterocycles. The van der Waals surface area contributed by atoms with Gasteiger partial charge in [-0.2, -0.15) is 0 Å². The topological polar surface area (TPSA) is 12.0 Å². The minimum absolute atomic E-state index is 0.598. The zero-order chi connectivity index (χ0) is 12.7. The van der Waals surface area contributed by atoms with Gasteiger partial charge in [-0.15, -0.1) is 0 Å². The monoisotopic (exact) mass is 253 g/mol. The SMILES string of the molecule is CCC(C)CC(CC)NCc1ccccc1Cl. The number of rotatable bonds is 7. The van der Waals surface area contributed by atoms with E-state index in [1.807, 2.05) is 18.2 Å². The number of benzene rings is 1. The van der Waals surface area contributed by atoms with Crippen LogP contribution in [0.15, 0.2) is 24.3 Å². The Labute approximate surface area is 111 Å². The summed E-state index contributed by atoms with van der Waals surface area (Å²) in [6.07, 6.45) is 3.68. The Morgan fingerprint density at radius 3 is 2.47 bits per heavy atom. The minimum atomic E-state index is 0.598. The molecule has 0 heterocycles. The van der Waals surface area contributed by atoms with E-state index in [0.717, 1.165) is 17.5 Å². The largest absolute Gasteiger partial charge is 0.310 e. The van der Waals surface area contributed by atoms with Crippen LogP contribution in [-0.4, -0.2) is 6.04 Å². The molecule has 0 spiro atoms. The van der Waals surface area contributed by atoms with Crippen LogP contribution in [-0.2, 0) is 6.54 Å². The minimum Gasteiger partial charge on any atom is -0.310 e. The first kappa shape index (κ1) is 14.5. The van der Waals surface area contributed by atoms with Gasteiger partial charge in [0.1, 0.15) is 0 Å². The van der Waals surface area contributed by atoms with Crippen LogP contribution in [0.4, 0.5) is 0 Å². The molecule has 0 saturated carbocycles. The molecule has 0 aliphatic rings. The Hall–Kier alpha value is -0.530. The molecule has 0 aliphatic carbocycles. The molecule has 0 saturated heterocycles. The first-order chi connectivity index (χ1) is 8.17. The summed E-state index contributed by atoms with van der Waals surface area (Å²) in [6.45, 7) is 7.69. The van der Waals surface area contributed by atoms with E-state index in [1.54, 1.807) is 0 Å². The lowest BCUT2D eigenvalue weighted by Crippen LogP contribution is -2.29. The number of hydrogen-bond donors (Lipinski definition) is 1. The second kappa shape index (κ2) is 7.73. The average molecular weight is 254 g/mol. The molecule has 17 heavy (non-hydrogen) atoms. The molecule has 0 amide bonds. The lowest BCUT2D eigenvalue weighted by atomic mass is 9.97. The van der Waals surface area contributed by atoms with E-state index in [-0.39, 0.29) is 0 Å². The zero-order valence-corrected chi connectivity index (χ0v) is 11.9. The maximum atomic E-state index is 6.14. The van der Waals surface area contributed by atoms with Crippen molar-refractivity contribution in [2.24, 2.45) is 5.92 Å². The van der Waals surface area contributed by atoms with Crippen molar-refractivity contribution in [3.63, 3.8) is 0 Å². The lowest BCUT2D eigenvalue weighted by Gasteiger charge is -2.20. The molecule has 0 radical (unpaired) electrons. The van der Waals surface area contributed by atoms with E-state index in [2.05, 4.69) is 32.2 Å². The van der Waals surface area contributed by atoms with Crippen molar-refractivity contribution >= 4 is 11.6 Å². The van der Waals surface area contributed by atoms with E-state index >= 15 is 0 Å². The number of hydrogen-bond acceptors (Lipinski definition) is 1. The predicted octanol–water partition coefficient (Wildman–Crippen LogP) is 4.64. The highest BCUT2D eigenvalue weighted by Gasteiger charge is 2.10. The average Bonchev–Trinajstić information content (AvgIpc) is 2.35. The summed E-state index contributed by atoms with van der Waals surface area (Å²) in [5.41, 5.74) is 1.19. The molecule has 0 aliphatic heterocycles. The van der Waals surface area contributed by atoms with E-state index in [0.29, 0.717) is 6.04 Å². The molecule has 1 aromatic rings. The van der Waals surface area contributed by atoms with Crippen LogP contribution < -0.4 is 5.32 Å². The molecule has 2 unspecified atom stereocenters. The fourth-order valence-corrected chi connectivity index (χ4v) is 2.15. The Bertz CT molecular complexity index is 324. The van der Waals surface area contributed by atoms with Gasteiger partial charge in [0.2, 0.25) is 0 Å². The maximum absolute atomic E-state index is 6.14. The summed E-state index contributed by atoms with van der Waals surface area (Å²) in [7, 11) is 0. The summed E-state index contributed by atoms with van der Waals surface area (Å²) in [4.78, 5) is 0. The predicted molar refractivity (Wildman–Crippen MR) is 76.4 cm³/mol. The summed E-state index contributed by atoms with van der Waals surface area (Å²) >= 11 is 6.14. The van der Waals surface area contributed by atoms with Crippen molar-refractivity contribution in [1.29, 1.82) is 0 Å². The quantitative estimate of drug-likeness (QED) is 0.746. The normalized spacial score (nSPS) is 14.6. The van der Waals surface area contributed by atoms with Gasteiger partial charge in [-0.3, -0.25) is 0 Å². The third-order valence-corrected chi connectivity index (χ3v) is 3.78. The van der Waals surface area contributed by atoms with E-state index in [9.17, 15) is 0 Å². The van der Waals surface area contributed by atoms with Crippen molar-refractivity contribution in [3.05, 3.63) is 34.9 Å². The van der Waals surface area contributed by atoms with Crippen LogP contribution in [0.5, 0.6) is 0 Å². The van der Waals surface area contributed by atoms with Crippen molar-refractivity contribution in [2.45, 2.75) is 52.6 Å². The molecule has 96 valence electrons. The highest BCUT2D eigenvalue weighted by molar-refractivity contribution is 6.31. The maximum Gasteiger partial charge on any atom is 0.0450 e. The van der Waals surface area contributed by atoms with Crippen LogP contribution in [0, 0.1) is 5.92 Å². The lowest BCUT2D eigenvalue weighted by molar-refractivity contribution is 0.384. The standard InChI is InChI=1S/C15H24ClN/c1-4-12(3)10-14(5-2)17-11-13-8-6-7-9-15(13)16/h6-9,12,14,17H,4-5,10-11H2,1-3H3. The molecular weight excluding hydrogens is 230 g/mol. The zero-order valence-electron chi connectivity index (χ0n) is 11.2. The first-order valence-electron chi connectivity index (χ1n) is 6.64. The molecule has 2 atom stereocenters. The van der Waals surface area contributed by atoms with Crippen LogP contribution in [0.1, 0.15) is 45.6 Å². The summed E-state index contributed by atoms with van der Waals surface area (Å²) in [6, 6.07) is 8.65. The van der Waals surface area contributed by atoms with E-state index < -0.39 is 0 Å². The molecule has 1 rings (SSSR count). The third kappa shape index (κ3) is 5.10. The Morgan fingerprint density at radius 2 is 1.88 bits per heavy atom. The Morgan fingerprint density at radius 1 is 1.18 bits per heavy atom.